The Kier molecular flexibility index (Phi) is 17.1. The number of amides is 6. The number of thiazole rings is 1. The zero-order chi connectivity index (χ0) is 51.0. The number of hydrogen-bond acceptors (Lipinski definition) is 12. The number of hydrogen-bond donors (Lipinski definition) is 2. The minimum Gasteiger partial charge on any atom is -0.491 e. The third kappa shape index (κ3) is 12.7. The Morgan fingerprint density at radius 2 is 1.54 bits per heavy atom. The maximum atomic E-state index is 14.0. The van der Waals surface area contributed by atoms with Crippen molar-refractivity contribution in [2.24, 2.45) is 11.3 Å². The number of nitrogens with zero attached hydrogens (tertiary/aromatic N) is 5. The third-order valence-corrected chi connectivity index (χ3v) is 12.8. The highest BCUT2D eigenvalue weighted by molar-refractivity contribution is 7.13. The Morgan fingerprint density at radius 1 is 0.914 bits per heavy atom. The molecule has 0 bridgehead atoms. The van der Waals surface area contributed by atoms with E-state index in [2.05, 4.69) is 15.6 Å². The summed E-state index contributed by atoms with van der Waals surface area (Å²) in [5.41, 5.74) is 0.784. The summed E-state index contributed by atoms with van der Waals surface area (Å²) >= 11 is 1.58. The van der Waals surface area contributed by atoms with Gasteiger partial charge in [-0.2, -0.15) is 18.4 Å². The molecule has 0 unspecified atom stereocenters. The molecule has 2 saturated heterocycles. The number of aromatic nitrogens is 1. The van der Waals surface area contributed by atoms with Crippen LogP contribution < -0.4 is 25.2 Å². The van der Waals surface area contributed by atoms with Crippen molar-refractivity contribution < 1.29 is 56.1 Å². The third-order valence-electron chi connectivity index (χ3n) is 11.9. The highest BCUT2D eigenvalue weighted by Crippen LogP contribution is 2.40. The number of likely N-dealkylation sites (tertiary alicyclic amines) is 1. The average molecular weight is 990 g/mol. The first-order chi connectivity index (χ1) is 33.1. The van der Waals surface area contributed by atoms with Crippen LogP contribution in [0.3, 0.4) is 0 Å². The summed E-state index contributed by atoms with van der Waals surface area (Å²) in [6.07, 6.45) is -4.37. The molecule has 70 heavy (non-hydrogen) atoms. The fraction of sp³-hybridized carbons (Fsp3) is 0.460. The number of anilines is 2. The lowest BCUT2D eigenvalue weighted by atomic mass is 9.85. The summed E-state index contributed by atoms with van der Waals surface area (Å²) in [5, 5.41) is 15.0. The number of carbonyl (C=O) groups is 5. The quantitative estimate of drug-likeness (QED) is 0.0669. The first kappa shape index (κ1) is 53.0. The molecule has 0 aliphatic carbocycles. The summed E-state index contributed by atoms with van der Waals surface area (Å²) in [5.74, 6) is -1.26. The summed E-state index contributed by atoms with van der Waals surface area (Å²) in [7, 11) is 0. The first-order valence-electron chi connectivity index (χ1n) is 22.7. The van der Waals surface area contributed by atoms with Gasteiger partial charge in [0.25, 0.3) is 5.91 Å². The molecular weight excluding hydrogens is 932 g/mol. The largest absolute Gasteiger partial charge is 0.491 e. The van der Waals surface area contributed by atoms with Crippen molar-refractivity contribution in [1.29, 1.82) is 5.26 Å². The van der Waals surface area contributed by atoms with Gasteiger partial charge in [0.1, 0.15) is 36.6 Å². The highest BCUT2D eigenvalue weighted by atomic mass is 32.1. The van der Waals surface area contributed by atoms with Crippen LogP contribution in [0, 0.1) is 29.6 Å². The van der Waals surface area contributed by atoms with Gasteiger partial charge in [-0.25, -0.2) is 14.7 Å². The van der Waals surface area contributed by atoms with Crippen molar-refractivity contribution in [3.8, 4) is 22.3 Å². The second-order valence-corrected chi connectivity index (χ2v) is 19.5. The van der Waals surface area contributed by atoms with E-state index in [4.69, 9.17) is 24.2 Å². The topological polar surface area (TPSA) is 193 Å². The van der Waals surface area contributed by atoms with Crippen molar-refractivity contribution >= 4 is 52.4 Å². The maximum absolute atomic E-state index is 14.0. The minimum absolute atomic E-state index is 0.0930. The number of nitrogens with one attached hydrogen (secondary N) is 2. The summed E-state index contributed by atoms with van der Waals surface area (Å²) in [4.78, 5) is 76.3. The van der Waals surface area contributed by atoms with Crippen molar-refractivity contribution in [3.05, 3.63) is 94.6 Å². The Labute approximate surface area is 409 Å². The van der Waals surface area contributed by atoms with Gasteiger partial charge in [0.05, 0.1) is 72.0 Å². The van der Waals surface area contributed by atoms with E-state index in [9.17, 15) is 37.1 Å². The lowest BCUT2D eigenvalue weighted by molar-refractivity contribution is -0.144. The number of urea groups is 1. The van der Waals surface area contributed by atoms with Crippen LogP contribution in [0.4, 0.5) is 29.3 Å². The zero-order valence-corrected chi connectivity index (χ0v) is 41.0. The normalized spacial score (nSPS) is 17.4. The van der Waals surface area contributed by atoms with Gasteiger partial charge < -0.3 is 34.5 Å². The predicted molar refractivity (Wildman–Crippen MR) is 255 cm³/mol. The van der Waals surface area contributed by atoms with Gasteiger partial charge in [0, 0.05) is 18.8 Å². The Bertz CT molecular complexity index is 2560. The molecule has 20 heteroatoms. The molecule has 16 nitrogen and oxygen atoms in total. The van der Waals surface area contributed by atoms with E-state index >= 15 is 0 Å². The number of rotatable bonds is 20. The smallest absolute Gasteiger partial charge is 0.417 e. The van der Waals surface area contributed by atoms with Crippen molar-refractivity contribution in [2.75, 3.05) is 62.6 Å². The van der Waals surface area contributed by atoms with Gasteiger partial charge in [0.2, 0.25) is 17.7 Å². The highest BCUT2D eigenvalue weighted by Gasteiger charge is 2.53. The summed E-state index contributed by atoms with van der Waals surface area (Å²) in [6, 6.07) is 16.0. The van der Waals surface area contributed by atoms with E-state index < -0.39 is 58.2 Å². The molecule has 374 valence electrons. The average Bonchev–Trinajstić information content (AvgIpc) is 3.98. The van der Waals surface area contributed by atoms with Crippen LogP contribution in [0.1, 0.15) is 70.3 Å². The fourth-order valence-corrected chi connectivity index (χ4v) is 9.00. The molecule has 2 N–H and O–H groups in total. The lowest BCUT2D eigenvalue weighted by Gasteiger charge is -2.35. The molecule has 2 aliphatic heterocycles. The van der Waals surface area contributed by atoms with Crippen LogP contribution in [0.15, 0.2) is 72.2 Å². The molecule has 2 aliphatic rings. The van der Waals surface area contributed by atoms with Crippen LogP contribution in [0.5, 0.6) is 5.75 Å². The van der Waals surface area contributed by atoms with Gasteiger partial charge in [0.15, 0.2) is 0 Å². The lowest BCUT2D eigenvalue weighted by Crippen LogP contribution is -2.58. The molecule has 3 atom stereocenters. The van der Waals surface area contributed by atoms with E-state index in [0.717, 1.165) is 33.8 Å². The molecule has 0 radical (unpaired) electrons. The second kappa shape index (κ2) is 22.6. The van der Waals surface area contributed by atoms with E-state index in [0.29, 0.717) is 41.9 Å². The number of imide groups is 1. The van der Waals surface area contributed by atoms with Crippen LogP contribution >= 0.6 is 11.3 Å². The van der Waals surface area contributed by atoms with Crippen LogP contribution in [-0.2, 0) is 46.1 Å². The predicted octanol–water partition coefficient (Wildman–Crippen LogP) is 7.27. The molecular formula is C50H58F3N7O9S. The first-order valence-corrected chi connectivity index (χ1v) is 23.6. The summed E-state index contributed by atoms with van der Waals surface area (Å²) in [6.45, 7) is 14.1. The number of aryl methyl sites for hydroxylation is 1. The van der Waals surface area contributed by atoms with Crippen molar-refractivity contribution in [1.82, 2.24) is 20.5 Å². The Morgan fingerprint density at radius 3 is 2.14 bits per heavy atom. The molecule has 1 aromatic heterocycles. The summed E-state index contributed by atoms with van der Waals surface area (Å²) < 4.78 is 63.3. The van der Waals surface area contributed by atoms with Crippen LogP contribution in [0.2, 0.25) is 0 Å². The standard InChI is InChI=1S/C50H58F3N7O9S/c1-31-24-40(44(62)55-27-33-8-10-34(11-9-33)42-32(2)56-30-70-42)58(28-31)45(63)43(48(3,4)5)57-41(61)29-68-21-20-66-18-19-67-22-23-69-38-16-14-36(15-17-38)60-47(65)59(46(64)49(60,6)7)37-13-12-35(26-54)39(25-37)50(51,52)53/h8-17,25,30-31,40,43H,18-24,27-29H2,1-7H3,(H,55,62)(H,57,61)/t31-,40+,43-/m1/s1. The second-order valence-electron chi connectivity index (χ2n) is 18.7. The minimum atomic E-state index is -4.87. The number of alkyl halides is 3. The monoisotopic (exact) mass is 989 g/mol. The van der Waals surface area contributed by atoms with Gasteiger partial charge >= 0.3 is 12.2 Å². The van der Waals surface area contributed by atoms with E-state index in [1.807, 2.05) is 64.4 Å². The van der Waals surface area contributed by atoms with Gasteiger partial charge in [-0.15, -0.1) is 11.3 Å². The molecule has 4 aromatic rings. The fourth-order valence-electron chi connectivity index (χ4n) is 8.19. The number of ether oxygens (including phenoxy) is 4. The van der Waals surface area contributed by atoms with Gasteiger partial charge in [-0.3, -0.25) is 24.1 Å². The van der Waals surface area contributed by atoms with Crippen LogP contribution in [-0.4, -0.2) is 110 Å². The molecule has 3 aromatic carbocycles. The van der Waals surface area contributed by atoms with Crippen LogP contribution in [0.25, 0.3) is 10.4 Å². The van der Waals surface area contributed by atoms with E-state index in [1.54, 1.807) is 40.5 Å². The molecule has 0 saturated carbocycles. The van der Waals surface area contributed by atoms with Crippen molar-refractivity contribution in [3.63, 3.8) is 0 Å². The molecule has 6 rings (SSSR count). The van der Waals surface area contributed by atoms with E-state index in [-0.39, 0.29) is 69.7 Å². The molecule has 3 heterocycles. The van der Waals surface area contributed by atoms with Crippen molar-refractivity contribution in [2.45, 2.75) is 85.2 Å². The van der Waals surface area contributed by atoms with Gasteiger partial charge in [-0.1, -0.05) is 52.0 Å². The van der Waals surface area contributed by atoms with E-state index in [1.165, 1.54) is 24.8 Å². The molecule has 2 fully saturated rings. The molecule has 0 spiro atoms. The molecule has 6 amide bonds. The Balaban J connectivity index is 0.867. The number of halogens is 3. The number of benzene rings is 3. The van der Waals surface area contributed by atoms with Gasteiger partial charge in [-0.05, 0) is 92.1 Å². The SMILES string of the molecule is Cc1ncsc1-c1ccc(CNC(=O)[C@@H]2C[C@@H](C)CN2C(=O)[C@@H](NC(=O)COCCOCCOCCOc2ccc(N3C(=O)N(c4ccc(C#N)c(C(F)(F)F)c4)C(=O)C3(C)C)cc2)C(C)(C)C)cc1. The maximum Gasteiger partial charge on any atom is 0.417 e. The number of nitriles is 1. The number of carbonyl (C=O) groups excluding carboxylic acids is 5. The Hall–Kier alpha value is -6.40. The zero-order valence-electron chi connectivity index (χ0n) is 40.2.